The van der Waals surface area contributed by atoms with Crippen molar-refractivity contribution in [1.82, 2.24) is 19.5 Å². The minimum absolute atomic E-state index is 0.0953. The van der Waals surface area contributed by atoms with Crippen LogP contribution in [-0.4, -0.2) is 65.3 Å². The second-order valence-corrected chi connectivity index (χ2v) is 7.96. The normalized spacial score (nSPS) is 24.1. The van der Waals surface area contributed by atoms with E-state index >= 15 is 0 Å². The molecule has 13 heteroatoms. The Hall–Kier alpha value is -2.45. The van der Waals surface area contributed by atoms with E-state index in [0.29, 0.717) is 17.0 Å². The van der Waals surface area contributed by atoms with E-state index in [1.54, 1.807) is 12.1 Å². The van der Waals surface area contributed by atoms with Crippen LogP contribution in [-0.2, 0) is 11.3 Å². The quantitative estimate of drug-likeness (QED) is 0.409. The molecule has 1 fully saturated rings. The molecule has 4 atom stereocenters. The van der Waals surface area contributed by atoms with E-state index in [9.17, 15) is 28.5 Å². The van der Waals surface area contributed by atoms with Crippen molar-refractivity contribution in [2.24, 2.45) is 0 Å². The second kappa shape index (κ2) is 8.59. The van der Waals surface area contributed by atoms with E-state index in [-0.39, 0.29) is 23.2 Å². The molecule has 4 N–H and O–H groups in total. The number of hydrogen-bond acceptors (Lipinski definition) is 9. The van der Waals surface area contributed by atoms with Crippen molar-refractivity contribution in [2.75, 3.05) is 11.9 Å². The number of benzene rings is 1. The lowest BCUT2D eigenvalue weighted by Crippen LogP contribution is -2.33. The summed E-state index contributed by atoms with van der Waals surface area (Å²) in [6, 6.07) is 5.94. The van der Waals surface area contributed by atoms with Crippen molar-refractivity contribution >= 4 is 28.7 Å². The van der Waals surface area contributed by atoms with Gasteiger partial charge < -0.3 is 25.4 Å². The number of nitrogens with one attached hydrogen (secondary N) is 1. The monoisotopic (exact) mass is 457 g/mol. The number of thioether (sulfide) groups is 1. The molecule has 4 rings (SSSR count). The molecule has 1 aliphatic heterocycles. The Morgan fingerprint density at radius 2 is 1.84 bits per heavy atom. The van der Waals surface area contributed by atoms with Crippen LogP contribution in [0.1, 0.15) is 11.8 Å². The number of fused-ring (bicyclic) bond motifs is 1. The zero-order valence-electron chi connectivity index (χ0n) is 15.8. The molecule has 0 bridgehead atoms. The van der Waals surface area contributed by atoms with E-state index in [1.807, 2.05) is 0 Å². The average Bonchev–Trinajstić information content (AvgIpc) is 3.28. The number of halogens is 3. The summed E-state index contributed by atoms with van der Waals surface area (Å²) in [6.45, 7) is -0.173. The SMILES string of the molecule is OC[C@H]1O[C@@H](n2cnc3c(NCc4ccc(SC(F)(F)F)cc4)ncnc32)[C@@H](O)[C@@H]1O. The first-order chi connectivity index (χ1) is 14.8. The Bertz CT molecular complexity index is 1050. The van der Waals surface area contributed by atoms with Gasteiger partial charge in [0.05, 0.1) is 12.9 Å². The third kappa shape index (κ3) is 4.60. The third-order valence-electron chi connectivity index (χ3n) is 4.77. The first-order valence-corrected chi connectivity index (χ1v) is 9.97. The molecule has 0 aliphatic carbocycles. The van der Waals surface area contributed by atoms with Gasteiger partial charge in [0.15, 0.2) is 23.2 Å². The van der Waals surface area contributed by atoms with Crippen molar-refractivity contribution in [1.29, 1.82) is 0 Å². The van der Waals surface area contributed by atoms with Gasteiger partial charge >= 0.3 is 5.51 Å². The first kappa shape index (κ1) is 21.8. The largest absolute Gasteiger partial charge is 0.446 e. The topological polar surface area (TPSA) is 126 Å². The maximum atomic E-state index is 12.4. The highest BCUT2D eigenvalue weighted by Gasteiger charge is 2.44. The van der Waals surface area contributed by atoms with E-state index in [1.165, 1.54) is 29.4 Å². The average molecular weight is 457 g/mol. The van der Waals surface area contributed by atoms with Gasteiger partial charge in [0.2, 0.25) is 0 Å². The summed E-state index contributed by atoms with van der Waals surface area (Å²) < 4.78 is 44.3. The van der Waals surface area contributed by atoms with Crippen molar-refractivity contribution < 1.29 is 33.2 Å². The summed E-state index contributed by atoms with van der Waals surface area (Å²) in [7, 11) is 0. The molecule has 0 amide bonds. The molecule has 3 aromatic rings. The van der Waals surface area contributed by atoms with Gasteiger partial charge in [-0.1, -0.05) is 12.1 Å². The molecule has 0 unspecified atom stereocenters. The van der Waals surface area contributed by atoms with Gasteiger partial charge in [-0.3, -0.25) is 4.57 Å². The highest BCUT2D eigenvalue weighted by molar-refractivity contribution is 8.00. The van der Waals surface area contributed by atoms with Gasteiger partial charge in [-0.2, -0.15) is 13.2 Å². The van der Waals surface area contributed by atoms with Gasteiger partial charge in [0.25, 0.3) is 0 Å². The lowest BCUT2D eigenvalue weighted by molar-refractivity contribution is -0.0511. The highest BCUT2D eigenvalue weighted by Crippen LogP contribution is 2.37. The smallest absolute Gasteiger partial charge is 0.394 e. The van der Waals surface area contributed by atoms with E-state index in [4.69, 9.17) is 4.74 Å². The molecular weight excluding hydrogens is 439 g/mol. The number of aliphatic hydroxyl groups excluding tert-OH is 3. The molecule has 1 aliphatic rings. The summed E-state index contributed by atoms with van der Waals surface area (Å²) in [5, 5.41) is 32.5. The fraction of sp³-hybridized carbons (Fsp3) is 0.389. The van der Waals surface area contributed by atoms with Crippen LogP contribution < -0.4 is 5.32 Å². The molecular formula is C18H18F3N5O4S. The number of alkyl halides is 3. The molecule has 1 aromatic carbocycles. The molecule has 1 saturated heterocycles. The summed E-state index contributed by atoms with van der Waals surface area (Å²) in [6.07, 6.45) is -1.80. The third-order valence-corrected chi connectivity index (χ3v) is 5.51. The Balaban J connectivity index is 1.50. The van der Waals surface area contributed by atoms with Gasteiger partial charge in [-0.15, -0.1) is 0 Å². The summed E-state index contributed by atoms with van der Waals surface area (Å²) in [4.78, 5) is 12.7. The minimum atomic E-state index is -4.34. The van der Waals surface area contributed by atoms with Crippen LogP contribution in [0.4, 0.5) is 19.0 Å². The predicted molar refractivity (Wildman–Crippen MR) is 104 cm³/mol. The summed E-state index contributed by atoms with van der Waals surface area (Å²) >= 11 is -0.177. The number of ether oxygens (including phenoxy) is 1. The van der Waals surface area contributed by atoms with Crippen LogP contribution in [0.15, 0.2) is 41.8 Å². The van der Waals surface area contributed by atoms with Gasteiger partial charge in [0, 0.05) is 11.4 Å². The highest BCUT2D eigenvalue weighted by atomic mass is 32.2. The fourth-order valence-corrected chi connectivity index (χ4v) is 3.81. The number of rotatable bonds is 6. The Morgan fingerprint density at radius 3 is 2.48 bits per heavy atom. The van der Waals surface area contributed by atoms with E-state index in [0.717, 1.165) is 5.56 Å². The first-order valence-electron chi connectivity index (χ1n) is 9.15. The standard InChI is InChI=1S/C18H18F3N5O4S/c19-18(20,21)31-10-3-1-9(2-4-10)5-22-15-12-16(24-7-23-15)26(8-25-12)17-14(29)13(28)11(6-27)30-17/h1-4,7-8,11,13-14,17,27-29H,5-6H2,(H,22,23,24)/t11-,13-,14+,17-/m1/s1. The van der Waals surface area contributed by atoms with Crippen molar-refractivity contribution in [2.45, 2.75) is 41.5 Å². The fourth-order valence-electron chi connectivity index (χ4n) is 3.27. The Labute approximate surface area is 177 Å². The van der Waals surface area contributed by atoms with Crippen LogP contribution in [0.3, 0.4) is 0 Å². The maximum absolute atomic E-state index is 12.4. The zero-order chi connectivity index (χ0) is 22.2. The molecule has 31 heavy (non-hydrogen) atoms. The molecule has 2 aromatic heterocycles. The maximum Gasteiger partial charge on any atom is 0.446 e. The molecule has 0 saturated carbocycles. The molecule has 9 nitrogen and oxygen atoms in total. The zero-order valence-corrected chi connectivity index (χ0v) is 16.6. The van der Waals surface area contributed by atoms with E-state index < -0.39 is 36.7 Å². The van der Waals surface area contributed by atoms with Gasteiger partial charge in [-0.05, 0) is 29.5 Å². The molecule has 3 heterocycles. The summed E-state index contributed by atoms with van der Waals surface area (Å²) in [5.74, 6) is 0.379. The lowest BCUT2D eigenvalue weighted by atomic mass is 10.1. The Morgan fingerprint density at radius 1 is 1.10 bits per heavy atom. The van der Waals surface area contributed by atoms with Crippen LogP contribution in [0, 0.1) is 0 Å². The van der Waals surface area contributed by atoms with Crippen molar-refractivity contribution in [3.05, 3.63) is 42.5 Å². The van der Waals surface area contributed by atoms with E-state index in [2.05, 4.69) is 20.3 Å². The van der Waals surface area contributed by atoms with Crippen LogP contribution in [0.2, 0.25) is 0 Å². The lowest BCUT2D eigenvalue weighted by Gasteiger charge is -2.16. The minimum Gasteiger partial charge on any atom is -0.394 e. The predicted octanol–water partition coefficient (Wildman–Crippen LogP) is 1.66. The van der Waals surface area contributed by atoms with Crippen molar-refractivity contribution in [3.63, 3.8) is 0 Å². The van der Waals surface area contributed by atoms with Crippen LogP contribution >= 0.6 is 11.8 Å². The number of aliphatic hydroxyl groups is 3. The number of aromatic nitrogens is 4. The molecule has 0 spiro atoms. The number of anilines is 1. The van der Waals surface area contributed by atoms with Crippen LogP contribution in [0.5, 0.6) is 0 Å². The number of nitrogens with zero attached hydrogens (tertiary/aromatic N) is 4. The van der Waals surface area contributed by atoms with Crippen molar-refractivity contribution in [3.8, 4) is 0 Å². The summed E-state index contributed by atoms with van der Waals surface area (Å²) in [5.41, 5.74) is -2.88. The second-order valence-electron chi connectivity index (χ2n) is 6.82. The number of imidazole rings is 1. The molecule has 166 valence electrons. The Kier molecular flexibility index (Phi) is 6.03. The van der Waals surface area contributed by atoms with Gasteiger partial charge in [-0.25, -0.2) is 15.0 Å². The molecule has 0 radical (unpaired) electrons. The van der Waals surface area contributed by atoms with Crippen LogP contribution in [0.25, 0.3) is 11.2 Å². The van der Waals surface area contributed by atoms with Gasteiger partial charge in [0.1, 0.15) is 24.6 Å². The number of hydrogen-bond donors (Lipinski definition) is 4.